The molecule has 0 spiro atoms. The number of nitrogens with zero attached hydrogens (tertiary/aromatic N) is 3. The van der Waals surface area contributed by atoms with Gasteiger partial charge < -0.3 is 9.64 Å². The van der Waals surface area contributed by atoms with Gasteiger partial charge in [-0.2, -0.15) is 0 Å². The second-order valence-corrected chi connectivity index (χ2v) is 7.37. The number of hydrogen-bond acceptors (Lipinski definition) is 4. The van der Waals surface area contributed by atoms with Gasteiger partial charge in [-0.3, -0.25) is 14.8 Å². The Morgan fingerprint density at radius 3 is 2.48 bits per heavy atom. The fourth-order valence-electron chi connectivity index (χ4n) is 4.58. The molecule has 2 bridgehead atoms. The van der Waals surface area contributed by atoms with Crippen molar-refractivity contribution in [3.63, 3.8) is 0 Å². The molecule has 27 heavy (non-hydrogen) atoms. The molecule has 1 aromatic carbocycles. The molecule has 5 heteroatoms. The summed E-state index contributed by atoms with van der Waals surface area (Å²) in [6.07, 6.45) is 9.19. The smallest absolute Gasteiger partial charge is 0.273 e. The summed E-state index contributed by atoms with van der Waals surface area (Å²) in [5.41, 5.74) is 0.568. The standard InChI is InChI=1S/C22H21N3O2/c26-22(21-20-4-2-1-3-15(20)7-12-24-21)25-16-5-6-17(25)14-19(13-16)27-18-8-10-23-11-9-18/h1-4,7-12,16-17,19H,5-6,13-14H2. The number of pyridine rings is 2. The molecule has 2 atom stereocenters. The van der Waals surface area contributed by atoms with Crippen LogP contribution in [0.5, 0.6) is 5.75 Å². The Morgan fingerprint density at radius 1 is 0.963 bits per heavy atom. The van der Waals surface area contributed by atoms with Crippen molar-refractivity contribution in [3.8, 4) is 5.75 Å². The average Bonchev–Trinajstić information content (AvgIpc) is 2.98. The van der Waals surface area contributed by atoms with E-state index in [0.717, 1.165) is 42.2 Å². The van der Waals surface area contributed by atoms with Gasteiger partial charge in [-0.1, -0.05) is 24.3 Å². The first-order valence-corrected chi connectivity index (χ1v) is 9.53. The van der Waals surface area contributed by atoms with Gasteiger partial charge in [0.2, 0.25) is 0 Å². The third-order valence-electron chi connectivity index (χ3n) is 5.75. The highest BCUT2D eigenvalue weighted by molar-refractivity contribution is 6.05. The third kappa shape index (κ3) is 2.93. The number of carbonyl (C=O) groups excluding carboxylic acids is 1. The molecule has 0 N–H and O–H groups in total. The quantitative estimate of drug-likeness (QED) is 0.713. The maximum Gasteiger partial charge on any atom is 0.273 e. The number of benzene rings is 1. The molecule has 2 aromatic heterocycles. The highest BCUT2D eigenvalue weighted by atomic mass is 16.5. The molecule has 0 radical (unpaired) electrons. The number of piperidine rings is 1. The predicted molar refractivity (Wildman–Crippen MR) is 103 cm³/mol. The first-order chi connectivity index (χ1) is 13.3. The summed E-state index contributed by atoms with van der Waals surface area (Å²) in [5, 5.41) is 1.98. The van der Waals surface area contributed by atoms with Crippen molar-refractivity contribution in [3.05, 3.63) is 66.7 Å². The van der Waals surface area contributed by atoms with Gasteiger partial charge in [-0.05, 0) is 36.4 Å². The Morgan fingerprint density at radius 2 is 1.70 bits per heavy atom. The van der Waals surface area contributed by atoms with Crippen molar-refractivity contribution >= 4 is 16.7 Å². The van der Waals surface area contributed by atoms with Gasteiger partial charge in [0.05, 0.1) is 0 Å². The largest absolute Gasteiger partial charge is 0.490 e. The predicted octanol–water partition coefficient (Wildman–Crippen LogP) is 3.84. The molecule has 2 fully saturated rings. The van der Waals surface area contributed by atoms with Crippen LogP contribution in [0.4, 0.5) is 0 Å². The van der Waals surface area contributed by atoms with Gasteiger partial charge in [0.15, 0.2) is 0 Å². The van der Waals surface area contributed by atoms with Crippen LogP contribution < -0.4 is 4.74 Å². The molecule has 0 saturated carbocycles. The average molecular weight is 359 g/mol. The molecular weight excluding hydrogens is 338 g/mol. The first kappa shape index (κ1) is 16.2. The van der Waals surface area contributed by atoms with E-state index >= 15 is 0 Å². The highest BCUT2D eigenvalue weighted by Gasteiger charge is 2.44. The van der Waals surface area contributed by atoms with Gasteiger partial charge in [0, 0.05) is 48.9 Å². The molecule has 2 aliphatic rings. The monoisotopic (exact) mass is 359 g/mol. The van der Waals surface area contributed by atoms with E-state index < -0.39 is 0 Å². The van der Waals surface area contributed by atoms with Gasteiger partial charge >= 0.3 is 0 Å². The van der Waals surface area contributed by atoms with Crippen LogP contribution in [0.3, 0.4) is 0 Å². The number of fused-ring (bicyclic) bond motifs is 3. The second kappa shape index (κ2) is 6.65. The summed E-state index contributed by atoms with van der Waals surface area (Å²) in [6.45, 7) is 0. The number of rotatable bonds is 3. The summed E-state index contributed by atoms with van der Waals surface area (Å²) >= 11 is 0. The molecule has 4 heterocycles. The number of carbonyl (C=O) groups is 1. The number of aromatic nitrogens is 2. The van der Waals surface area contributed by atoms with E-state index in [4.69, 9.17) is 4.74 Å². The van der Waals surface area contributed by atoms with Crippen molar-refractivity contribution < 1.29 is 9.53 Å². The van der Waals surface area contributed by atoms with E-state index in [1.807, 2.05) is 42.5 Å². The minimum atomic E-state index is 0.0571. The van der Waals surface area contributed by atoms with E-state index in [0.29, 0.717) is 5.69 Å². The SMILES string of the molecule is O=C(c1nccc2ccccc12)N1C2CCC1CC(Oc1ccncc1)C2. The summed E-state index contributed by atoms with van der Waals surface area (Å²) in [7, 11) is 0. The zero-order valence-electron chi connectivity index (χ0n) is 15.0. The van der Waals surface area contributed by atoms with E-state index in [1.165, 1.54) is 0 Å². The lowest BCUT2D eigenvalue weighted by atomic mass is 9.98. The van der Waals surface area contributed by atoms with Crippen LogP contribution in [0.15, 0.2) is 61.1 Å². The molecule has 0 aliphatic carbocycles. The minimum Gasteiger partial charge on any atom is -0.490 e. The molecule has 1 amide bonds. The Labute approximate surface area is 158 Å². The van der Waals surface area contributed by atoms with Crippen molar-refractivity contribution in [1.82, 2.24) is 14.9 Å². The fourth-order valence-corrected chi connectivity index (χ4v) is 4.58. The molecule has 2 saturated heterocycles. The second-order valence-electron chi connectivity index (χ2n) is 7.37. The van der Waals surface area contributed by atoms with E-state index in [-0.39, 0.29) is 24.1 Å². The van der Waals surface area contributed by atoms with Crippen LogP contribution >= 0.6 is 0 Å². The molecule has 5 rings (SSSR count). The van der Waals surface area contributed by atoms with Crippen LogP contribution in [0.25, 0.3) is 10.8 Å². The molecular formula is C22H21N3O2. The fraction of sp³-hybridized carbons (Fsp3) is 0.318. The molecule has 2 aliphatic heterocycles. The molecule has 2 unspecified atom stereocenters. The Kier molecular flexibility index (Phi) is 4.00. The Bertz CT molecular complexity index is 956. The summed E-state index contributed by atoms with van der Waals surface area (Å²) in [5.74, 6) is 0.909. The summed E-state index contributed by atoms with van der Waals surface area (Å²) in [4.78, 5) is 23.9. The van der Waals surface area contributed by atoms with Crippen LogP contribution in [0, 0.1) is 0 Å². The van der Waals surface area contributed by atoms with Gasteiger partial charge in [-0.25, -0.2) is 0 Å². The molecule has 3 aromatic rings. The highest BCUT2D eigenvalue weighted by Crippen LogP contribution is 2.38. The lowest BCUT2D eigenvalue weighted by Gasteiger charge is -2.38. The van der Waals surface area contributed by atoms with Crippen molar-refractivity contribution in [2.75, 3.05) is 0 Å². The van der Waals surface area contributed by atoms with Gasteiger partial charge in [0.25, 0.3) is 5.91 Å². The Balaban J connectivity index is 1.38. The number of hydrogen-bond donors (Lipinski definition) is 0. The summed E-state index contributed by atoms with van der Waals surface area (Å²) < 4.78 is 6.15. The van der Waals surface area contributed by atoms with Gasteiger partial charge in [0.1, 0.15) is 17.5 Å². The Hall–Kier alpha value is -2.95. The van der Waals surface area contributed by atoms with Crippen LogP contribution in [0.2, 0.25) is 0 Å². The minimum absolute atomic E-state index is 0.0571. The number of amides is 1. The normalized spacial score (nSPS) is 24.1. The van der Waals surface area contributed by atoms with Crippen molar-refractivity contribution in [1.29, 1.82) is 0 Å². The van der Waals surface area contributed by atoms with Gasteiger partial charge in [-0.15, -0.1) is 0 Å². The zero-order valence-corrected chi connectivity index (χ0v) is 15.0. The van der Waals surface area contributed by atoms with Crippen molar-refractivity contribution in [2.24, 2.45) is 0 Å². The third-order valence-corrected chi connectivity index (χ3v) is 5.75. The first-order valence-electron chi connectivity index (χ1n) is 9.53. The van der Waals surface area contributed by atoms with E-state index in [9.17, 15) is 4.79 Å². The van der Waals surface area contributed by atoms with Crippen LogP contribution in [0.1, 0.15) is 36.2 Å². The zero-order chi connectivity index (χ0) is 18.2. The van der Waals surface area contributed by atoms with Crippen molar-refractivity contribution in [2.45, 2.75) is 43.9 Å². The molecule has 5 nitrogen and oxygen atoms in total. The number of ether oxygens (including phenoxy) is 1. The van der Waals surface area contributed by atoms with Crippen LogP contribution in [-0.2, 0) is 0 Å². The van der Waals surface area contributed by atoms with Crippen LogP contribution in [-0.4, -0.2) is 39.0 Å². The topological polar surface area (TPSA) is 55.3 Å². The van der Waals surface area contributed by atoms with E-state index in [1.54, 1.807) is 18.6 Å². The lowest BCUT2D eigenvalue weighted by Crippen LogP contribution is -2.49. The van der Waals surface area contributed by atoms with E-state index in [2.05, 4.69) is 14.9 Å². The molecule has 136 valence electrons. The maximum atomic E-state index is 13.4. The lowest BCUT2D eigenvalue weighted by molar-refractivity contribution is 0.0356. The summed E-state index contributed by atoms with van der Waals surface area (Å²) in [6, 6.07) is 14.1. The maximum absolute atomic E-state index is 13.4.